The monoisotopic (exact) mass is 272 g/mol. The zero-order chi connectivity index (χ0) is 14.2. The standard InChI is InChI=1S/C17H24N2O/c1-14-10-11-15-8-7-9-16(17(15)19-14)20-13-6-4-3-5-12-18-2/h7-11,18H,3-6,12-13H2,1-2H3. The van der Waals surface area contributed by atoms with Gasteiger partial charge in [0.05, 0.1) is 6.61 Å². The number of hydrogen-bond acceptors (Lipinski definition) is 3. The van der Waals surface area contributed by atoms with Crippen LogP contribution in [0.4, 0.5) is 0 Å². The molecule has 2 aromatic rings. The molecule has 3 heteroatoms. The lowest BCUT2D eigenvalue weighted by molar-refractivity contribution is 0.307. The molecule has 2 rings (SSSR count). The Bertz CT molecular complexity index is 540. The second-order valence-corrected chi connectivity index (χ2v) is 5.15. The Hall–Kier alpha value is -1.61. The third-order valence-electron chi connectivity index (χ3n) is 3.40. The molecule has 1 aromatic carbocycles. The molecule has 0 fully saturated rings. The van der Waals surface area contributed by atoms with E-state index in [9.17, 15) is 0 Å². The number of rotatable bonds is 8. The molecule has 1 heterocycles. The van der Waals surface area contributed by atoms with Gasteiger partial charge in [-0.25, -0.2) is 4.98 Å². The zero-order valence-corrected chi connectivity index (χ0v) is 12.5. The van der Waals surface area contributed by atoms with Crippen molar-refractivity contribution in [3.63, 3.8) is 0 Å². The van der Waals surface area contributed by atoms with Crippen molar-refractivity contribution in [1.82, 2.24) is 10.3 Å². The third kappa shape index (κ3) is 4.20. The van der Waals surface area contributed by atoms with E-state index in [-0.39, 0.29) is 0 Å². The van der Waals surface area contributed by atoms with Crippen LogP contribution in [0.15, 0.2) is 30.3 Å². The van der Waals surface area contributed by atoms with E-state index in [0.29, 0.717) is 0 Å². The predicted molar refractivity (Wildman–Crippen MR) is 84.4 cm³/mol. The van der Waals surface area contributed by atoms with Gasteiger partial charge in [0, 0.05) is 11.1 Å². The van der Waals surface area contributed by atoms with E-state index in [1.807, 2.05) is 32.2 Å². The highest BCUT2D eigenvalue weighted by molar-refractivity contribution is 5.84. The van der Waals surface area contributed by atoms with Gasteiger partial charge in [0.1, 0.15) is 11.3 Å². The van der Waals surface area contributed by atoms with Gasteiger partial charge in [0.15, 0.2) is 0 Å². The molecule has 0 unspecified atom stereocenters. The number of fused-ring (bicyclic) bond motifs is 1. The van der Waals surface area contributed by atoms with Crippen LogP contribution < -0.4 is 10.1 Å². The highest BCUT2D eigenvalue weighted by atomic mass is 16.5. The van der Waals surface area contributed by atoms with Crippen molar-refractivity contribution < 1.29 is 4.74 Å². The minimum atomic E-state index is 0.772. The lowest BCUT2D eigenvalue weighted by Crippen LogP contribution is -2.07. The van der Waals surface area contributed by atoms with Crippen molar-refractivity contribution in [2.24, 2.45) is 0 Å². The van der Waals surface area contributed by atoms with E-state index < -0.39 is 0 Å². The van der Waals surface area contributed by atoms with E-state index in [1.165, 1.54) is 19.3 Å². The summed E-state index contributed by atoms with van der Waals surface area (Å²) in [6.07, 6.45) is 4.83. The fourth-order valence-electron chi connectivity index (χ4n) is 2.27. The molecule has 0 aliphatic carbocycles. The Kier molecular flexibility index (Phi) is 5.81. The minimum absolute atomic E-state index is 0.772. The summed E-state index contributed by atoms with van der Waals surface area (Å²) in [7, 11) is 2.00. The number of benzene rings is 1. The van der Waals surface area contributed by atoms with Crippen LogP contribution in [0.5, 0.6) is 5.75 Å². The van der Waals surface area contributed by atoms with Gasteiger partial charge in [-0.3, -0.25) is 0 Å². The fourth-order valence-corrected chi connectivity index (χ4v) is 2.27. The van der Waals surface area contributed by atoms with Gasteiger partial charge >= 0.3 is 0 Å². The highest BCUT2D eigenvalue weighted by Crippen LogP contribution is 2.24. The summed E-state index contributed by atoms with van der Waals surface area (Å²) in [6, 6.07) is 10.2. The van der Waals surface area contributed by atoms with Crippen molar-refractivity contribution in [3.8, 4) is 5.75 Å². The van der Waals surface area contributed by atoms with Gasteiger partial charge in [-0.05, 0) is 45.5 Å². The average molecular weight is 272 g/mol. The van der Waals surface area contributed by atoms with Gasteiger partial charge in [0.25, 0.3) is 0 Å². The number of nitrogens with one attached hydrogen (secondary N) is 1. The molecule has 1 aromatic heterocycles. The number of unbranched alkanes of at least 4 members (excludes halogenated alkanes) is 3. The topological polar surface area (TPSA) is 34.1 Å². The van der Waals surface area contributed by atoms with E-state index in [2.05, 4.69) is 22.4 Å². The number of para-hydroxylation sites is 1. The molecular formula is C17H24N2O. The summed E-state index contributed by atoms with van der Waals surface area (Å²) in [5.41, 5.74) is 2.00. The molecule has 0 aliphatic heterocycles. The summed E-state index contributed by atoms with van der Waals surface area (Å²) in [4.78, 5) is 4.58. The molecule has 0 radical (unpaired) electrons. The largest absolute Gasteiger partial charge is 0.491 e. The Balaban J connectivity index is 1.85. The van der Waals surface area contributed by atoms with Crippen molar-refractivity contribution in [2.45, 2.75) is 32.6 Å². The molecule has 1 N–H and O–H groups in total. The van der Waals surface area contributed by atoms with Gasteiger partial charge in [-0.2, -0.15) is 0 Å². The van der Waals surface area contributed by atoms with Crippen LogP contribution in [0.25, 0.3) is 10.9 Å². The van der Waals surface area contributed by atoms with E-state index in [4.69, 9.17) is 4.74 Å². The average Bonchev–Trinajstić information content (AvgIpc) is 2.46. The maximum atomic E-state index is 5.90. The Labute approximate surface area is 121 Å². The summed E-state index contributed by atoms with van der Waals surface area (Å²) in [5, 5.41) is 4.31. The first-order chi connectivity index (χ1) is 9.81. The molecule has 0 saturated heterocycles. The van der Waals surface area contributed by atoms with Gasteiger partial charge in [-0.1, -0.05) is 31.0 Å². The number of nitrogens with zero attached hydrogens (tertiary/aromatic N) is 1. The zero-order valence-electron chi connectivity index (χ0n) is 12.5. The summed E-state index contributed by atoms with van der Waals surface area (Å²) in [5.74, 6) is 0.904. The lowest BCUT2D eigenvalue weighted by atomic mass is 10.2. The second-order valence-electron chi connectivity index (χ2n) is 5.15. The Morgan fingerprint density at radius 3 is 2.75 bits per heavy atom. The van der Waals surface area contributed by atoms with Gasteiger partial charge in [0.2, 0.25) is 0 Å². The number of ether oxygens (including phenoxy) is 1. The van der Waals surface area contributed by atoms with Crippen LogP contribution >= 0.6 is 0 Å². The highest BCUT2D eigenvalue weighted by Gasteiger charge is 2.03. The molecule has 3 nitrogen and oxygen atoms in total. The fraction of sp³-hybridized carbons (Fsp3) is 0.471. The SMILES string of the molecule is CNCCCCCCOc1cccc2ccc(C)nc12. The van der Waals surface area contributed by atoms with Crippen LogP contribution in [0.2, 0.25) is 0 Å². The lowest BCUT2D eigenvalue weighted by Gasteiger charge is -2.09. The second kappa shape index (κ2) is 7.85. The first kappa shape index (κ1) is 14.8. The van der Waals surface area contributed by atoms with Crippen LogP contribution in [0, 0.1) is 6.92 Å². The number of pyridine rings is 1. The van der Waals surface area contributed by atoms with Crippen LogP contribution in [0.1, 0.15) is 31.4 Å². The first-order valence-electron chi connectivity index (χ1n) is 7.45. The molecule has 0 atom stereocenters. The first-order valence-corrected chi connectivity index (χ1v) is 7.45. The van der Waals surface area contributed by atoms with E-state index in [1.54, 1.807) is 0 Å². The van der Waals surface area contributed by atoms with Crippen molar-refractivity contribution in [2.75, 3.05) is 20.2 Å². The molecule has 0 spiro atoms. The number of hydrogen-bond donors (Lipinski definition) is 1. The number of aromatic nitrogens is 1. The Morgan fingerprint density at radius 2 is 1.90 bits per heavy atom. The molecule has 0 saturated carbocycles. The van der Waals surface area contributed by atoms with E-state index >= 15 is 0 Å². The van der Waals surface area contributed by atoms with Crippen molar-refractivity contribution in [1.29, 1.82) is 0 Å². The Morgan fingerprint density at radius 1 is 1.05 bits per heavy atom. The molecular weight excluding hydrogens is 248 g/mol. The normalized spacial score (nSPS) is 10.9. The maximum absolute atomic E-state index is 5.90. The molecule has 0 aliphatic rings. The molecule has 20 heavy (non-hydrogen) atoms. The molecule has 108 valence electrons. The quantitative estimate of drug-likeness (QED) is 0.744. The van der Waals surface area contributed by atoms with Crippen LogP contribution in [-0.2, 0) is 0 Å². The summed E-state index contributed by atoms with van der Waals surface area (Å²) in [6.45, 7) is 3.89. The third-order valence-corrected chi connectivity index (χ3v) is 3.40. The molecule has 0 amide bonds. The van der Waals surface area contributed by atoms with Crippen molar-refractivity contribution in [3.05, 3.63) is 36.0 Å². The van der Waals surface area contributed by atoms with Crippen LogP contribution in [-0.4, -0.2) is 25.2 Å². The van der Waals surface area contributed by atoms with Crippen LogP contribution in [0.3, 0.4) is 0 Å². The minimum Gasteiger partial charge on any atom is -0.491 e. The smallest absolute Gasteiger partial charge is 0.145 e. The van der Waals surface area contributed by atoms with Crippen molar-refractivity contribution >= 4 is 10.9 Å². The molecule has 0 bridgehead atoms. The van der Waals surface area contributed by atoms with E-state index in [0.717, 1.165) is 41.9 Å². The summed E-state index contributed by atoms with van der Waals surface area (Å²) < 4.78 is 5.90. The maximum Gasteiger partial charge on any atom is 0.145 e. The predicted octanol–water partition coefficient (Wildman–Crippen LogP) is 3.70. The van der Waals surface area contributed by atoms with Gasteiger partial charge < -0.3 is 10.1 Å². The van der Waals surface area contributed by atoms with Gasteiger partial charge in [-0.15, -0.1) is 0 Å². The number of aryl methyl sites for hydroxylation is 1. The summed E-state index contributed by atoms with van der Waals surface area (Å²) >= 11 is 0.